The minimum absolute atomic E-state index is 0.168. The van der Waals surface area contributed by atoms with Gasteiger partial charge < -0.3 is 20.1 Å². The predicted molar refractivity (Wildman–Crippen MR) is 140 cm³/mol. The van der Waals surface area contributed by atoms with Gasteiger partial charge in [0.15, 0.2) is 0 Å². The molecule has 6 nitrogen and oxygen atoms in total. The van der Waals surface area contributed by atoms with Crippen LogP contribution in [0, 0.1) is 33.1 Å². The average molecular weight is 463 g/mol. The number of terminal acetylenes is 1. The molecule has 0 unspecified atom stereocenters. The van der Waals surface area contributed by atoms with Gasteiger partial charge in [0, 0.05) is 53.2 Å². The van der Waals surface area contributed by atoms with Crippen LogP contribution in [0.4, 0.5) is 5.69 Å². The summed E-state index contributed by atoms with van der Waals surface area (Å²) in [6.45, 7) is 8.90. The standard InChI is InChI=1S/C28H38N4O2/c1-8-21-15-24(27(33)29-17-25-18(3)14-19(4)30-28(25)34)20(5)26(16-21)32(9-2)23-12-10-22(11-13-23)31(6)7/h1,14-16,22-23H,9-13,17H2,2-7H3,(H,29,33)(H,30,34). The van der Waals surface area contributed by atoms with Gasteiger partial charge in [0.05, 0.1) is 0 Å². The Morgan fingerprint density at radius 1 is 1.12 bits per heavy atom. The number of carbonyl (C=O) groups excluding carboxylic acids is 1. The van der Waals surface area contributed by atoms with E-state index in [4.69, 9.17) is 6.42 Å². The van der Waals surface area contributed by atoms with Crippen LogP contribution in [0.25, 0.3) is 0 Å². The Morgan fingerprint density at radius 3 is 2.32 bits per heavy atom. The molecule has 2 aromatic rings. The number of H-pyrrole nitrogens is 1. The van der Waals surface area contributed by atoms with E-state index in [0.29, 0.717) is 28.8 Å². The molecule has 182 valence electrons. The molecular weight excluding hydrogens is 424 g/mol. The third-order valence-corrected chi connectivity index (χ3v) is 7.20. The molecule has 1 aromatic heterocycles. The second-order valence-corrected chi connectivity index (χ2v) is 9.65. The average Bonchev–Trinajstić information content (AvgIpc) is 2.80. The van der Waals surface area contributed by atoms with Gasteiger partial charge in [-0.1, -0.05) is 5.92 Å². The van der Waals surface area contributed by atoms with Crippen LogP contribution in [0.5, 0.6) is 0 Å². The molecular formula is C28H38N4O2. The van der Waals surface area contributed by atoms with Crippen LogP contribution in [0.2, 0.25) is 0 Å². The summed E-state index contributed by atoms with van der Waals surface area (Å²) < 4.78 is 0. The molecule has 1 amide bonds. The fraction of sp³-hybridized carbons (Fsp3) is 0.500. The molecule has 0 radical (unpaired) electrons. The fourth-order valence-electron chi connectivity index (χ4n) is 5.19. The fourth-order valence-corrected chi connectivity index (χ4v) is 5.19. The molecule has 1 aliphatic rings. The molecule has 0 aliphatic heterocycles. The highest BCUT2D eigenvalue weighted by Gasteiger charge is 2.28. The molecule has 0 spiro atoms. The zero-order chi connectivity index (χ0) is 25.0. The summed E-state index contributed by atoms with van der Waals surface area (Å²) in [5, 5.41) is 2.94. The van der Waals surface area contributed by atoms with Gasteiger partial charge in [-0.05, 0) is 96.8 Å². The highest BCUT2D eigenvalue weighted by molar-refractivity contribution is 5.97. The number of rotatable bonds is 7. The number of benzene rings is 1. The molecule has 1 saturated carbocycles. The highest BCUT2D eigenvalue weighted by atomic mass is 16.1. The van der Waals surface area contributed by atoms with Crippen molar-refractivity contribution >= 4 is 11.6 Å². The largest absolute Gasteiger partial charge is 0.369 e. The van der Waals surface area contributed by atoms with Crippen molar-refractivity contribution in [2.45, 2.75) is 72.0 Å². The summed E-state index contributed by atoms with van der Waals surface area (Å²) in [4.78, 5) is 33.1. The van der Waals surface area contributed by atoms with Crippen molar-refractivity contribution in [3.05, 3.63) is 62.1 Å². The molecule has 6 heteroatoms. The van der Waals surface area contributed by atoms with Crippen molar-refractivity contribution in [1.29, 1.82) is 0 Å². The van der Waals surface area contributed by atoms with Crippen LogP contribution in [0.15, 0.2) is 23.0 Å². The van der Waals surface area contributed by atoms with E-state index in [1.807, 2.05) is 32.9 Å². The Hall–Kier alpha value is -3.04. The van der Waals surface area contributed by atoms with E-state index in [9.17, 15) is 9.59 Å². The van der Waals surface area contributed by atoms with Crippen LogP contribution in [0.1, 0.15) is 70.9 Å². The Morgan fingerprint density at radius 2 is 1.76 bits per heavy atom. The molecule has 0 bridgehead atoms. The maximum Gasteiger partial charge on any atom is 0.253 e. The second kappa shape index (κ2) is 10.9. The monoisotopic (exact) mass is 462 g/mol. The Balaban J connectivity index is 1.86. The molecule has 1 heterocycles. The minimum atomic E-state index is -0.220. The number of aryl methyl sites for hydroxylation is 2. The summed E-state index contributed by atoms with van der Waals surface area (Å²) in [5.41, 5.74) is 5.27. The van der Waals surface area contributed by atoms with Gasteiger partial charge in [0.25, 0.3) is 11.5 Å². The number of nitrogens with zero attached hydrogens (tertiary/aromatic N) is 2. The maximum atomic E-state index is 13.2. The SMILES string of the molecule is C#Cc1cc(C(=O)NCc2c(C)cc(C)[nH]c2=O)c(C)c(N(CC)C2CCC(N(C)C)CC2)c1. The number of amides is 1. The Labute approximate surface area is 203 Å². The quantitative estimate of drug-likeness (QED) is 0.612. The lowest BCUT2D eigenvalue weighted by Crippen LogP contribution is -2.42. The topological polar surface area (TPSA) is 68.4 Å². The maximum absolute atomic E-state index is 13.2. The van der Waals surface area contributed by atoms with Crippen LogP contribution in [-0.4, -0.2) is 48.5 Å². The van der Waals surface area contributed by atoms with Crippen LogP contribution >= 0.6 is 0 Å². The molecule has 1 fully saturated rings. The van der Waals surface area contributed by atoms with Crippen molar-refractivity contribution in [2.24, 2.45) is 0 Å². The summed E-state index contributed by atoms with van der Waals surface area (Å²) >= 11 is 0. The summed E-state index contributed by atoms with van der Waals surface area (Å²) in [6, 6.07) is 6.77. The zero-order valence-electron chi connectivity index (χ0n) is 21.4. The van der Waals surface area contributed by atoms with E-state index in [-0.39, 0.29) is 18.0 Å². The lowest BCUT2D eigenvalue weighted by Gasteiger charge is -2.40. The van der Waals surface area contributed by atoms with Gasteiger partial charge >= 0.3 is 0 Å². The molecule has 1 aliphatic carbocycles. The van der Waals surface area contributed by atoms with Crippen LogP contribution in [-0.2, 0) is 6.54 Å². The van der Waals surface area contributed by atoms with Crippen LogP contribution in [0.3, 0.4) is 0 Å². The number of aromatic amines is 1. The van der Waals surface area contributed by atoms with E-state index < -0.39 is 0 Å². The molecule has 2 N–H and O–H groups in total. The van der Waals surface area contributed by atoms with Gasteiger partial charge in [0.1, 0.15) is 0 Å². The van der Waals surface area contributed by atoms with Crippen molar-refractivity contribution in [3.8, 4) is 12.3 Å². The number of aromatic nitrogens is 1. The van der Waals surface area contributed by atoms with E-state index >= 15 is 0 Å². The third kappa shape index (κ3) is 5.53. The number of pyridine rings is 1. The first-order valence-corrected chi connectivity index (χ1v) is 12.2. The number of anilines is 1. The van der Waals surface area contributed by atoms with E-state index in [0.717, 1.165) is 41.9 Å². The molecule has 34 heavy (non-hydrogen) atoms. The first-order chi connectivity index (χ1) is 16.2. The van der Waals surface area contributed by atoms with Crippen molar-refractivity contribution in [1.82, 2.24) is 15.2 Å². The van der Waals surface area contributed by atoms with Gasteiger partial charge in [0.2, 0.25) is 0 Å². The summed E-state index contributed by atoms with van der Waals surface area (Å²) in [7, 11) is 4.31. The first-order valence-electron chi connectivity index (χ1n) is 12.2. The minimum Gasteiger partial charge on any atom is -0.369 e. The summed E-state index contributed by atoms with van der Waals surface area (Å²) in [5.74, 6) is 2.50. The second-order valence-electron chi connectivity index (χ2n) is 9.65. The van der Waals surface area contributed by atoms with Gasteiger partial charge in [-0.15, -0.1) is 6.42 Å². The first kappa shape index (κ1) is 25.6. The normalized spacial score (nSPS) is 17.9. The van der Waals surface area contributed by atoms with Gasteiger partial charge in [-0.25, -0.2) is 0 Å². The summed E-state index contributed by atoms with van der Waals surface area (Å²) in [6.07, 6.45) is 10.3. The van der Waals surface area contributed by atoms with E-state index in [1.54, 1.807) is 6.07 Å². The van der Waals surface area contributed by atoms with E-state index in [2.05, 4.69) is 47.0 Å². The van der Waals surface area contributed by atoms with Gasteiger partial charge in [-0.2, -0.15) is 0 Å². The lowest BCUT2D eigenvalue weighted by atomic mass is 9.88. The number of hydrogen-bond donors (Lipinski definition) is 2. The molecule has 0 saturated heterocycles. The Bertz CT molecular complexity index is 1130. The lowest BCUT2D eigenvalue weighted by molar-refractivity contribution is 0.0950. The van der Waals surface area contributed by atoms with Gasteiger partial charge in [-0.3, -0.25) is 9.59 Å². The number of nitrogens with one attached hydrogen (secondary N) is 2. The number of carbonyl (C=O) groups is 1. The van der Waals surface area contributed by atoms with Crippen molar-refractivity contribution < 1.29 is 4.79 Å². The van der Waals surface area contributed by atoms with E-state index in [1.165, 1.54) is 12.8 Å². The number of hydrogen-bond acceptors (Lipinski definition) is 4. The Kier molecular flexibility index (Phi) is 8.22. The van der Waals surface area contributed by atoms with Crippen molar-refractivity contribution in [2.75, 3.05) is 25.5 Å². The highest BCUT2D eigenvalue weighted by Crippen LogP contribution is 2.33. The predicted octanol–water partition coefficient (Wildman–Crippen LogP) is 3.91. The molecule has 3 rings (SSSR count). The van der Waals surface area contributed by atoms with Crippen molar-refractivity contribution in [3.63, 3.8) is 0 Å². The van der Waals surface area contributed by atoms with Crippen LogP contribution < -0.4 is 15.8 Å². The molecule has 0 atom stereocenters. The zero-order valence-corrected chi connectivity index (χ0v) is 21.4. The third-order valence-electron chi connectivity index (χ3n) is 7.20. The molecule has 1 aromatic carbocycles. The smallest absolute Gasteiger partial charge is 0.253 e.